The zero-order chi connectivity index (χ0) is 35.0. The maximum atomic E-state index is 10.6. The standard InChI is InChI=1S/C14H26O4.C12H22O4.C8H12O4/c15-13(16)11-9-7-5-3-1-2-4-6-8-10-12-14(17)18;13-11(14)9-7-5-3-1-2-4-6-8-10-12(15)16;9-7(10)5-3-1-2-4-6(5)8(11)12/h1-12H2,(H,15,16)(H,17,18);1-10H2,(H,13,14)(H,15,16);5-6H,1-4H2,(H,9,10)(H,11,12)/t;;5-,6-/m..1/s1. The Hall–Kier alpha value is -3.18. The molecule has 0 aromatic heterocycles. The molecule has 1 aliphatic carbocycles. The summed E-state index contributed by atoms with van der Waals surface area (Å²) in [5.41, 5.74) is 0. The van der Waals surface area contributed by atoms with Gasteiger partial charge < -0.3 is 30.6 Å². The predicted octanol–water partition coefficient (Wildman–Crippen LogP) is 7.86. The molecule has 268 valence electrons. The Kier molecular flexibility index (Phi) is 31.1. The molecule has 0 radical (unpaired) electrons. The van der Waals surface area contributed by atoms with Gasteiger partial charge in [0.15, 0.2) is 0 Å². The topological polar surface area (TPSA) is 224 Å². The molecule has 0 amide bonds. The fraction of sp³-hybridized carbons (Fsp3) is 0.824. The fourth-order valence-electron chi connectivity index (χ4n) is 5.30. The summed E-state index contributed by atoms with van der Waals surface area (Å²) >= 11 is 0. The third-order valence-corrected chi connectivity index (χ3v) is 7.96. The van der Waals surface area contributed by atoms with E-state index in [2.05, 4.69) is 0 Å². The Morgan fingerprint density at radius 1 is 0.326 bits per heavy atom. The lowest BCUT2D eigenvalue weighted by Gasteiger charge is -2.24. The quantitative estimate of drug-likeness (QED) is 0.0488. The van der Waals surface area contributed by atoms with E-state index in [1.165, 1.54) is 25.7 Å². The van der Waals surface area contributed by atoms with Crippen molar-refractivity contribution >= 4 is 35.8 Å². The van der Waals surface area contributed by atoms with Crippen molar-refractivity contribution in [3.8, 4) is 0 Å². The molecular formula is C34H60O12. The SMILES string of the molecule is O=C(O)CCCCCCCCCCC(=O)O.O=C(O)CCCCCCCCCCCCC(=O)O.O=C(O)[C@@H]1CCCC[C@H]1C(=O)O. The van der Waals surface area contributed by atoms with Gasteiger partial charge in [-0.25, -0.2) is 0 Å². The average molecular weight is 661 g/mol. The van der Waals surface area contributed by atoms with Crippen molar-refractivity contribution in [2.75, 3.05) is 0 Å². The molecule has 1 saturated carbocycles. The van der Waals surface area contributed by atoms with E-state index in [4.69, 9.17) is 30.6 Å². The van der Waals surface area contributed by atoms with Crippen LogP contribution in [0.15, 0.2) is 0 Å². The largest absolute Gasteiger partial charge is 0.481 e. The summed E-state index contributed by atoms with van der Waals surface area (Å²) in [6.45, 7) is 0. The minimum atomic E-state index is -0.970. The molecule has 0 heterocycles. The first kappa shape index (κ1) is 44.9. The summed E-state index contributed by atoms with van der Waals surface area (Å²) in [6.07, 6.45) is 22.5. The van der Waals surface area contributed by atoms with Crippen molar-refractivity contribution < 1.29 is 59.4 Å². The Morgan fingerprint density at radius 2 is 0.500 bits per heavy atom. The highest BCUT2D eigenvalue weighted by Gasteiger charge is 2.35. The average Bonchev–Trinajstić information content (AvgIpc) is 2.98. The maximum absolute atomic E-state index is 10.6. The molecule has 0 aromatic carbocycles. The van der Waals surface area contributed by atoms with Gasteiger partial charge in [0.25, 0.3) is 0 Å². The number of rotatable bonds is 26. The van der Waals surface area contributed by atoms with E-state index in [-0.39, 0.29) is 12.8 Å². The summed E-state index contributed by atoms with van der Waals surface area (Å²) in [4.78, 5) is 62.2. The number of carboxylic acid groups (broad SMARTS) is 6. The molecule has 1 aliphatic rings. The lowest BCUT2D eigenvalue weighted by Crippen LogP contribution is -2.32. The van der Waals surface area contributed by atoms with Gasteiger partial charge in [0.1, 0.15) is 0 Å². The number of unbranched alkanes of at least 4 members (excludes halogenated alkanes) is 16. The second-order valence-electron chi connectivity index (χ2n) is 12.1. The van der Waals surface area contributed by atoms with E-state index < -0.39 is 47.7 Å². The third kappa shape index (κ3) is 33.7. The second kappa shape index (κ2) is 31.8. The van der Waals surface area contributed by atoms with E-state index in [9.17, 15) is 28.8 Å². The Labute approximate surface area is 274 Å². The van der Waals surface area contributed by atoms with Gasteiger partial charge in [0.05, 0.1) is 11.8 Å². The Morgan fingerprint density at radius 3 is 0.652 bits per heavy atom. The highest BCUT2D eigenvalue weighted by Crippen LogP contribution is 2.30. The normalized spacial score (nSPS) is 15.4. The Balaban J connectivity index is 0. The zero-order valence-corrected chi connectivity index (χ0v) is 27.7. The third-order valence-electron chi connectivity index (χ3n) is 7.96. The molecule has 0 aliphatic heterocycles. The van der Waals surface area contributed by atoms with Gasteiger partial charge in [-0.3, -0.25) is 28.8 Å². The molecule has 1 rings (SSSR count). The van der Waals surface area contributed by atoms with Crippen molar-refractivity contribution in [3.05, 3.63) is 0 Å². The smallest absolute Gasteiger partial charge is 0.307 e. The number of aliphatic carboxylic acids is 6. The first-order valence-corrected chi connectivity index (χ1v) is 17.2. The second-order valence-corrected chi connectivity index (χ2v) is 12.1. The number of carbonyl (C=O) groups is 6. The van der Waals surface area contributed by atoms with Crippen LogP contribution in [0.3, 0.4) is 0 Å². The first-order chi connectivity index (χ1) is 21.9. The van der Waals surface area contributed by atoms with E-state index in [1.807, 2.05) is 0 Å². The summed E-state index contributed by atoms with van der Waals surface area (Å²) in [5.74, 6) is -6.10. The summed E-state index contributed by atoms with van der Waals surface area (Å²) in [5, 5.41) is 51.1. The van der Waals surface area contributed by atoms with Crippen LogP contribution >= 0.6 is 0 Å². The van der Waals surface area contributed by atoms with Crippen LogP contribution in [-0.2, 0) is 28.8 Å². The van der Waals surface area contributed by atoms with Crippen LogP contribution in [0.4, 0.5) is 0 Å². The lowest BCUT2D eigenvalue weighted by molar-refractivity contribution is -0.155. The van der Waals surface area contributed by atoms with Crippen molar-refractivity contribution in [1.29, 1.82) is 0 Å². The molecule has 12 heteroatoms. The fourth-order valence-corrected chi connectivity index (χ4v) is 5.30. The molecule has 1 fully saturated rings. The van der Waals surface area contributed by atoms with Crippen LogP contribution in [0, 0.1) is 11.8 Å². The summed E-state index contributed by atoms with van der Waals surface area (Å²) in [6, 6.07) is 0. The monoisotopic (exact) mass is 660 g/mol. The van der Waals surface area contributed by atoms with Gasteiger partial charge in [-0.15, -0.1) is 0 Å². The van der Waals surface area contributed by atoms with Crippen LogP contribution < -0.4 is 0 Å². The van der Waals surface area contributed by atoms with Gasteiger partial charge in [0, 0.05) is 25.7 Å². The molecule has 0 unspecified atom stereocenters. The van der Waals surface area contributed by atoms with Gasteiger partial charge in [0.2, 0.25) is 0 Å². The molecule has 12 nitrogen and oxygen atoms in total. The molecule has 2 atom stereocenters. The van der Waals surface area contributed by atoms with Crippen molar-refractivity contribution in [3.63, 3.8) is 0 Å². The minimum absolute atomic E-state index is 0.276. The van der Waals surface area contributed by atoms with Crippen molar-refractivity contribution in [2.24, 2.45) is 11.8 Å². The van der Waals surface area contributed by atoms with Gasteiger partial charge in [-0.2, -0.15) is 0 Å². The zero-order valence-electron chi connectivity index (χ0n) is 27.7. The molecule has 0 aromatic rings. The molecular weight excluding hydrogens is 600 g/mol. The summed E-state index contributed by atoms with van der Waals surface area (Å²) < 4.78 is 0. The van der Waals surface area contributed by atoms with Crippen LogP contribution in [-0.4, -0.2) is 66.5 Å². The molecule has 0 bridgehead atoms. The van der Waals surface area contributed by atoms with Crippen LogP contribution in [0.2, 0.25) is 0 Å². The summed E-state index contributed by atoms with van der Waals surface area (Å²) in [7, 11) is 0. The van der Waals surface area contributed by atoms with Crippen molar-refractivity contribution in [2.45, 2.75) is 167 Å². The van der Waals surface area contributed by atoms with Crippen molar-refractivity contribution in [1.82, 2.24) is 0 Å². The molecule has 0 spiro atoms. The van der Waals surface area contributed by atoms with E-state index >= 15 is 0 Å². The first-order valence-electron chi connectivity index (χ1n) is 17.2. The van der Waals surface area contributed by atoms with E-state index in [0.717, 1.165) is 103 Å². The van der Waals surface area contributed by atoms with Gasteiger partial charge in [-0.1, -0.05) is 103 Å². The highest BCUT2D eigenvalue weighted by molar-refractivity contribution is 5.80. The van der Waals surface area contributed by atoms with Gasteiger partial charge in [-0.05, 0) is 38.5 Å². The predicted molar refractivity (Wildman–Crippen MR) is 173 cm³/mol. The van der Waals surface area contributed by atoms with E-state index in [0.29, 0.717) is 25.7 Å². The maximum Gasteiger partial charge on any atom is 0.307 e. The lowest BCUT2D eigenvalue weighted by atomic mass is 9.79. The number of hydrogen-bond acceptors (Lipinski definition) is 6. The molecule has 0 saturated heterocycles. The van der Waals surface area contributed by atoms with Crippen LogP contribution in [0.25, 0.3) is 0 Å². The highest BCUT2D eigenvalue weighted by atomic mass is 16.4. The van der Waals surface area contributed by atoms with E-state index in [1.54, 1.807) is 0 Å². The van der Waals surface area contributed by atoms with Crippen LogP contribution in [0.5, 0.6) is 0 Å². The molecule has 46 heavy (non-hydrogen) atoms. The van der Waals surface area contributed by atoms with Crippen LogP contribution in [0.1, 0.15) is 167 Å². The Bertz CT molecular complexity index is 774. The number of hydrogen-bond donors (Lipinski definition) is 6. The van der Waals surface area contributed by atoms with Gasteiger partial charge >= 0.3 is 35.8 Å². The number of carboxylic acids is 6. The molecule has 6 N–H and O–H groups in total. The minimum Gasteiger partial charge on any atom is -0.481 e.